The maximum atomic E-state index is 12.1. The molecule has 2 heterocycles. The molecule has 0 fully saturated rings. The van der Waals surface area contributed by atoms with Crippen LogP contribution >= 0.6 is 27.5 Å². The zero-order valence-electron chi connectivity index (χ0n) is 15.3. The van der Waals surface area contributed by atoms with Crippen molar-refractivity contribution in [3.63, 3.8) is 0 Å². The van der Waals surface area contributed by atoms with Gasteiger partial charge in [-0.15, -0.1) is 0 Å². The van der Waals surface area contributed by atoms with E-state index in [2.05, 4.69) is 41.5 Å². The van der Waals surface area contributed by atoms with Gasteiger partial charge in [0.1, 0.15) is 18.0 Å². The first-order valence-electron chi connectivity index (χ1n) is 8.37. The molecule has 0 aliphatic heterocycles. The first kappa shape index (κ1) is 20.2. The van der Waals surface area contributed by atoms with Crippen LogP contribution in [-0.4, -0.2) is 46.4 Å². The maximum Gasteiger partial charge on any atom is 0.249 e. The van der Waals surface area contributed by atoms with Crippen LogP contribution in [-0.2, 0) is 4.79 Å². The maximum absolute atomic E-state index is 12.1. The van der Waals surface area contributed by atoms with E-state index in [1.807, 2.05) is 31.1 Å². The van der Waals surface area contributed by atoms with Crippen LogP contribution in [0.5, 0.6) is 0 Å². The molecule has 0 aliphatic rings. The van der Waals surface area contributed by atoms with Gasteiger partial charge in [0.05, 0.1) is 16.7 Å². The molecule has 0 saturated carbocycles. The minimum atomic E-state index is -0.248. The third-order valence-corrected chi connectivity index (χ3v) is 4.91. The monoisotopic (exact) mass is 460 g/mol. The average Bonchev–Trinajstić information content (AvgIpc) is 2.65. The van der Waals surface area contributed by atoms with Crippen LogP contribution in [0.4, 0.5) is 17.3 Å². The molecule has 144 valence electrons. The highest BCUT2D eigenvalue weighted by molar-refractivity contribution is 9.10. The van der Waals surface area contributed by atoms with E-state index in [-0.39, 0.29) is 5.91 Å². The summed E-state index contributed by atoms with van der Waals surface area (Å²) in [6.45, 7) is 0.678. The number of nitrogens with one attached hydrogen (secondary N) is 2. The first-order valence-corrected chi connectivity index (χ1v) is 9.54. The highest BCUT2D eigenvalue weighted by atomic mass is 79.9. The number of amides is 1. The summed E-state index contributed by atoms with van der Waals surface area (Å²) >= 11 is 9.45. The zero-order valence-corrected chi connectivity index (χ0v) is 17.6. The Balaban J connectivity index is 1.84. The van der Waals surface area contributed by atoms with E-state index in [0.29, 0.717) is 28.7 Å². The van der Waals surface area contributed by atoms with Crippen LogP contribution < -0.4 is 10.6 Å². The molecule has 0 aliphatic carbocycles. The molecule has 1 amide bonds. The van der Waals surface area contributed by atoms with E-state index in [1.165, 1.54) is 12.4 Å². The van der Waals surface area contributed by atoms with E-state index in [4.69, 9.17) is 11.6 Å². The molecule has 2 N–H and O–H groups in total. The van der Waals surface area contributed by atoms with Gasteiger partial charge in [0, 0.05) is 28.2 Å². The van der Waals surface area contributed by atoms with Crippen molar-refractivity contribution in [2.45, 2.75) is 0 Å². The van der Waals surface area contributed by atoms with E-state index in [0.717, 1.165) is 15.5 Å². The summed E-state index contributed by atoms with van der Waals surface area (Å²) in [5.41, 5.74) is 1.47. The third kappa shape index (κ3) is 5.25. The summed E-state index contributed by atoms with van der Waals surface area (Å²) in [5.74, 6) is 0.768. The van der Waals surface area contributed by atoms with Crippen LogP contribution in [0.3, 0.4) is 0 Å². The van der Waals surface area contributed by atoms with Crippen molar-refractivity contribution in [2.75, 3.05) is 31.3 Å². The fourth-order valence-electron chi connectivity index (χ4n) is 2.38. The third-order valence-electron chi connectivity index (χ3n) is 3.70. The van der Waals surface area contributed by atoms with Crippen LogP contribution in [0.25, 0.3) is 10.9 Å². The Labute approximate surface area is 176 Å². The van der Waals surface area contributed by atoms with Crippen LogP contribution in [0.2, 0.25) is 5.02 Å². The fourth-order valence-corrected chi connectivity index (χ4v) is 2.87. The number of aromatic nitrogens is 3. The molecule has 0 spiro atoms. The number of nitrogens with zero attached hydrogens (tertiary/aromatic N) is 4. The molecule has 1 aromatic carbocycles. The number of pyridine rings is 1. The van der Waals surface area contributed by atoms with Crippen molar-refractivity contribution in [3.05, 3.63) is 58.4 Å². The Morgan fingerprint density at radius 3 is 2.82 bits per heavy atom. The summed E-state index contributed by atoms with van der Waals surface area (Å²) in [5, 5.41) is 7.35. The summed E-state index contributed by atoms with van der Waals surface area (Å²) in [4.78, 5) is 26.8. The van der Waals surface area contributed by atoms with E-state index < -0.39 is 0 Å². The van der Waals surface area contributed by atoms with Gasteiger partial charge in [0.2, 0.25) is 5.91 Å². The van der Waals surface area contributed by atoms with Crippen molar-refractivity contribution in [1.29, 1.82) is 0 Å². The summed E-state index contributed by atoms with van der Waals surface area (Å²) in [7, 11) is 3.86. The highest BCUT2D eigenvalue weighted by Crippen LogP contribution is 2.29. The van der Waals surface area contributed by atoms with Gasteiger partial charge in [0.25, 0.3) is 0 Å². The summed E-state index contributed by atoms with van der Waals surface area (Å²) < 4.78 is 0.775. The minimum absolute atomic E-state index is 0.248. The quantitative estimate of drug-likeness (QED) is 0.534. The van der Waals surface area contributed by atoms with Crippen molar-refractivity contribution in [2.24, 2.45) is 0 Å². The van der Waals surface area contributed by atoms with Gasteiger partial charge in [0.15, 0.2) is 0 Å². The number of anilines is 3. The number of likely N-dealkylation sites (N-methyl/N-ethyl adjacent to an activating group) is 1. The van der Waals surface area contributed by atoms with Crippen LogP contribution in [0.15, 0.2) is 53.4 Å². The number of hydrogen-bond donors (Lipinski definition) is 2. The van der Waals surface area contributed by atoms with Gasteiger partial charge in [-0.05, 0) is 54.3 Å². The second-order valence-electron chi connectivity index (χ2n) is 6.22. The molecule has 2 aromatic heterocycles. The van der Waals surface area contributed by atoms with Gasteiger partial charge in [-0.2, -0.15) is 0 Å². The lowest BCUT2D eigenvalue weighted by atomic mass is 10.2. The second kappa shape index (κ2) is 9.09. The Kier molecular flexibility index (Phi) is 6.56. The van der Waals surface area contributed by atoms with E-state index >= 15 is 0 Å². The smallest absolute Gasteiger partial charge is 0.249 e. The molecule has 0 bridgehead atoms. The Morgan fingerprint density at radius 2 is 2.07 bits per heavy atom. The molecular formula is C19H18BrClN6O. The first-order chi connectivity index (χ1) is 13.4. The Morgan fingerprint density at radius 1 is 1.25 bits per heavy atom. The predicted octanol–water partition coefficient (Wildman–Crippen LogP) is 4.24. The lowest BCUT2D eigenvalue weighted by Crippen LogP contribution is -2.13. The van der Waals surface area contributed by atoms with Gasteiger partial charge in [-0.25, -0.2) is 15.0 Å². The van der Waals surface area contributed by atoms with Gasteiger partial charge in [-0.3, -0.25) is 4.79 Å². The predicted molar refractivity (Wildman–Crippen MR) is 116 cm³/mol. The van der Waals surface area contributed by atoms with Crippen molar-refractivity contribution < 1.29 is 4.79 Å². The van der Waals surface area contributed by atoms with Gasteiger partial charge >= 0.3 is 0 Å². The second-order valence-corrected chi connectivity index (χ2v) is 7.48. The lowest BCUT2D eigenvalue weighted by molar-refractivity contribution is -0.111. The number of rotatable bonds is 6. The molecule has 3 aromatic rings. The number of hydrogen-bond acceptors (Lipinski definition) is 6. The SMILES string of the molecule is CN(C)CC=CC(=O)Nc1cc2c(Nc3ccc(Cl)c(Br)c3)ncnc2cn1. The largest absolute Gasteiger partial charge is 0.340 e. The van der Waals surface area contributed by atoms with Gasteiger partial charge < -0.3 is 15.5 Å². The molecule has 0 saturated heterocycles. The Bertz CT molecular complexity index is 1040. The van der Waals surface area contributed by atoms with Crippen molar-refractivity contribution in [3.8, 4) is 0 Å². The van der Waals surface area contributed by atoms with Crippen LogP contribution in [0.1, 0.15) is 0 Å². The molecule has 0 radical (unpaired) electrons. The molecule has 3 rings (SSSR count). The Hall–Kier alpha value is -2.55. The molecule has 0 atom stereocenters. The number of carbonyl (C=O) groups is 1. The average molecular weight is 462 g/mol. The summed E-state index contributed by atoms with van der Waals surface area (Å²) in [6, 6.07) is 7.22. The molecule has 9 heteroatoms. The van der Waals surface area contributed by atoms with Crippen molar-refractivity contribution in [1.82, 2.24) is 19.9 Å². The molecule has 0 unspecified atom stereocenters. The van der Waals surface area contributed by atoms with E-state index in [1.54, 1.807) is 24.4 Å². The number of carbonyl (C=O) groups excluding carboxylic acids is 1. The highest BCUT2D eigenvalue weighted by Gasteiger charge is 2.08. The van der Waals surface area contributed by atoms with Crippen molar-refractivity contribution >= 4 is 61.7 Å². The fraction of sp³-hybridized carbons (Fsp3) is 0.158. The minimum Gasteiger partial charge on any atom is -0.340 e. The molecular weight excluding hydrogens is 444 g/mol. The van der Waals surface area contributed by atoms with E-state index in [9.17, 15) is 4.79 Å². The molecule has 7 nitrogen and oxygen atoms in total. The van der Waals surface area contributed by atoms with Crippen LogP contribution in [0, 0.1) is 0 Å². The summed E-state index contributed by atoms with van der Waals surface area (Å²) in [6.07, 6.45) is 6.32. The normalized spacial score (nSPS) is 11.3. The lowest BCUT2D eigenvalue weighted by Gasteiger charge is -2.10. The number of halogens is 2. The standard InChI is InChI=1S/C19H18BrClN6O/c1-27(2)7-3-4-18(28)26-17-9-13-16(10-22-17)23-11-24-19(13)25-12-5-6-15(21)14(20)8-12/h3-6,8-11H,7H2,1-2H3,(H,22,26,28)(H,23,24,25). The number of fused-ring (bicyclic) bond motifs is 1. The zero-order chi connectivity index (χ0) is 20.1. The topological polar surface area (TPSA) is 83.0 Å². The molecule has 28 heavy (non-hydrogen) atoms. The number of benzene rings is 1. The van der Waals surface area contributed by atoms with Gasteiger partial charge in [-0.1, -0.05) is 17.7 Å².